The van der Waals surface area contributed by atoms with Gasteiger partial charge in [0.25, 0.3) is 0 Å². The van der Waals surface area contributed by atoms with Crippen LogP contribution in [0.25, 0.3) is 0 Å². The van der Waals surface area contributed by atoms with Crippen molar-refractivity contribution in [2.24, 2.45) is 0 Å². The predicted molar refractivity (Wildman–Crippen MR) is 110 cm³/mol. The predicted octanol–water partition coefficient (Wildman–Crippen LogP) is 5.91. The van der Waals surface area contributed by atoms with Crippen molar-refractivity contribution >= 4 is 17.1 Å². The molecule has 150 valence electrons. The molecule has 0 bridgehead atoms. The average molecular weight is 389 g/mol. The van der Waals surface area contributed by atoms with Crippen LogP contribution in [0.5, 0.6) is 0 Å². The third-order valence-electron chi connectivity index (χ3n) is 4.97. The Morgan fingerprint density at radius 3 is 2.54 bits per heavy atom. The molecular weight excluding hydrogens is 363 g/mol. The minimum absolute atomic E-state index is 0.419. The molecular formula is C22H26F3N3. The molecule has 0 radical (unpaired) electrons. The van der Waals surface area contributed by atoms with Crippen molar-refractivity contribution in [2.75, 3.05) is 35.7 Å². The Bertz CT molecular complexity index is 809. The molecule has 0 spiro atoms. The van der Waals surface area contributed by atoms with E-state index in [2.05, 4.69) is 33.7 Å². The highest BCUT2D eigenvalue weighted by Gasteiger charge is 2.30. The van der Waals surface area contributed by atoms with Crippen LogP contribution in [0, 0.1) is 0 Å². The molecule has 6 heteroatoms. The zero-order valence-corrected chi connectivity index (χ0v) is 16.0. The van der Waals surface area contributed by atoms with Gasteiger partial charge in [-0.3, -0.25) is 0 Å². The standard InChI is InChI=1S/C22H26F3N3/c1-26-21-11-10-20(28-13-3-2-4-14-28)15-17(21)7-6-12-27-19-9-5-8-18(16-19)22(23,24)25/h5-6,8-12,15-16,26-27H,2-4,7,13-14H2,1H3/b12-6-. The summed E-state index contributed by atoms with van der Waals surface area (Å²) in [5.74, 6) is 0. The van der Waals surface area contributed by atoms with Gasteiger partial charge in [-0.15, -0.1) is 0 Å². The Morgan fingerprint density at radius 1 is 1.04 bits per heavy atom. The van der Waals surface area contributed by atoms with E-state index in [9.17, 15) is 13.2 Å². The summed E-state index contributed by atoms with van der Waals surface area (Å²) >= 11 is 0. The number of piperidine rings is 1. The maximum Gasteiger partial charge on any atom is 0.416 e. The molecule has 1 aliphatic rings. The normalized spacial score (nSPS) is 15.1. The number of benzene rings is 2. The number of nitrogens with zero attached hydrogens (tertiary/aromatic N) is 1. The molecule has 3 nitrogen and oxygen atoms in total. The first-order chi connectivity index (χ1) is 13.5. The summed E-state index contributed by atoms with van der Waals surface area (Å²) in [6, 6.07) is 11.6. The van der Waals surface area contributed by atoms with E-state index in [1.807, 2.05) is 13.1 Å². The lowest BCUT2D eigenvalue weighted by Gasteiger charge is -2.29. The Kier molecular flexibility index (Phi) is 6.49. The molecule has 28 heavy (non-hydrogen) atoms. The number of halogens is 3. The van der Waals surface area contributed by atoms with Crippen molar-refractivity contribution in [3.8, 4) is 0 Å². The smallest absolute Gasteiger partial charge is 0.388 e. The Labute approximate surface area is 164 Å². The maximum atomic E-state index is 12.8. The van der Waals surface area contributed by atoms with Crippen molar-refractivity contribution in [2.45, 2.75) is 31.9 Å². The van der Waals surface area contributed by atoms with E-state index in [1.54, 1.807) is 12.3 Å². The molecule has 1 saturated heterocycles. The first-order valence-corrected chi connectivity index (χ1v) is 9.62. The Hall–Kier alpha value is -2.63. The number of hydrogen-bond donors (Lipinski definition) is 2. The molecule has 3 rings (SSSR count). The van der Waals surface area contributed by atoms with Gasteiger partial charge in [-0.2, -0.15) is 13.2 Å². The van der Waals surface area contributed by atoms with Crippen LogP contribution in [0.2, 0.25) is 0 Å². The quantitative estimate of drug-likeness (QED) is 0.644. The Morgan fingerprint density at radius 2 is 1.82 bits per heavy atom. The van der Waals surface area contributed by atoms with Crippen molar-refractivity contribution < 1.29 is 13.2 Å². The third kappa shape index (κ3) is 5.21. The molecule has 0 amide bonds. The molecule has 0 aliphatic carbocycles. The van der Waals surface area contributed by atoms with Crippen LogP contribution in [0.3, 0.4) is 0 Å². The number of anilines is 3. The van der Waals surface area contributed by atoms with Gasteiger partial charge < -0.3 is 15.5 Å². The zero-order valence-electron chi connectivity index (χ0n) is 16.0. The molecule has 1 fully saturated rings. The molecule has 0 atom stereocenters. The molecule has 0 unspecified atom stereocenters. The van der Waals surface area contributed by atoms with E-state index in [0.29, 0.717) is 12.1 Å². The van der Waals surface area contributed by atoms with Gasteiger partial charge in [0, 0.05) is 37.2 Å². The fourth-order valence-corrected chi connectivity index (χ4v) is 3.47. The van der Waals surface area contributed by atoms with Crippen LogP contribution in [0.1, 0.15) is 30.4 Å². The van der Waals surface area contributed by atoms with Gasteiger partial charge in [-0.1, -0.05) is 12.1 Å². The second kappa shape index (κ2) is 9.04. The van der Waals surface area contributed by atoms with Crippen molar-refractivity contribution in [1.82, 2.24) is 0 Å². The number of rotatable bonds is 6. The van der Waals surface area contributed by atoms with Crippen LogP contribution in [-0.2, 0) is 12.6 Å². The first kappa shape index (κ1) is 20.1. The largest absolute Gasteiger partial charge is 0.416 e. The second-order valence-corrected chi connectivity index (χ2v) is 6.97. The van der Waals surface area contributed by atoms with Crippen LogP contribution in [0.15, 0.2) is 54.7 Å². The van der Waals surface area contributed by atoms with E-state index in [0.717, 1.165) is 36.5 Å². The lowest BCUT2D eigenvalue weighted by Crippen LogP contribution is -2.29. The maximum absolute atomic E-state index is 12.8. The highest BCUT2D eigenvalue weighted by Crippen LogP contribution is 2.30. The summed E-state index contributed by atoms with van der Waals surface area (Å²) in [5, 5.41) is 6.14. The molecule has 2 aromatic carbocycles. The molecule has 2 N–H and O–H groups in total. The Balaban J connectivity index is 1.66. The molecule has 1 heterocycles. The van der Waals surface area contributed by atoms with E-state index in [4.69, 9.17) is 0 Å². The number of nitrogens with one attached hydrogen (secondary N) is 2. The average Bonchev–Trinajstić information content (AvgIpc) is 2.71. The highest BCUT2D eigenvalue weighted by molar-refractivity contribution is 5.61. The summed E-state index contributed by atoms with van der Waals surface area (Å²) in [6.45, 7) is 2.18. The molecule has 1 aliphatic heterocycles. The topological polar surface area (TPSA) is 27.3 Å². The third-order valence-corrected chi connectivity index (χ3v) is 4.97. The number of hydrogen-bond acceptors (Lipinski definition) is 3. The lowest BCUT2D eigenvalue weighted by atomic mass is 10.1. The van der Waals surface area contributed by atoms with Crippen molar-refractivity contribution in [1.29, 1.82) is 0 Å². The van der Waals surface area contributed by atoms with Crippen LogP contribution in [0.4, 0.5) is 30.2 Å². The van der Waals surface area contributed by atoms with Gasteiger partial charge in [0.15, 0.2) is 0 Å². The first-order valence-electron chi connectivity index (χ1n) is 9.62. The van der Waals surface area contributed by atoms with Gasteiger partial charge in [-0.05, 0) is 73.8 Å². The molecule has 0 aromatic heterocycles. The summed E-state index contributed by atoms with van der Waals surface area (Å²) in [7, 11) is 1.89. The van der Waals surface area contributed by atoms with Gasteiger partial charge in [0.05, 0.1) is 5.56 Å². The summed E-state index contributed by atoms with van der Waals surface area (Å²) in [6.07, 6.45) is 3.72. The summed E-state index contributed by atoms with van der Waals surface area (Å²) in [5.41, 5.74) is 3.21. The van der Waals surface area contributed by atoms with Gasteiger partial charge in [-0.25, -0.2) is 0 Å². The highest BCUT2D eigenvalue weighted by atomic mass is 19.4. The minimum Gasteiger partial charge on any atom is -0.388 e. The minimum atomic E-state index is -4.34. The number of allylic oxidation sites excluding steroid dienone is 1. The molecule has 2 aromatic rings. The lowest BCUT2D eigenvalue weighted by molar-refractivity contribution is -0.137. The van der Waals surface area contributed by atoms with Gasteiger partial charge in [0.1, 0.15) is 0 Å². The van der Waals surface area contributed by atoms with Crippen molar-refractivity contribution in [3.05, 3.63) is 65.9 Å². The fraction of sp³-hybridized carbons (Fsp3) is 0.364. The second-order valence-electron chi connectivity index (χ2n) is 6.97. The van der Waals surface area contributed by atoms with Gasteiger partial charge >= 0.3 is 6.18 Å². The summed E-state index contributed by atoms with van der Waals surface area (Å²) in [4.78, 5) is 2.41. The van der Waals surface area contributed by atoms with E-state index in [-0.39, 0.29) is 0 Å². The van der Waals surface area contributed by atoms with E-state index in [1.165, 1.54) is 31.0 Å². The summed E-state index contributed by atoms with van der Waals surface area (Å²) < 4.78 is 38.4. The molecule has 0 saturated carbocycles. The van der Waals surface area contributed by atoms with Crippen LogP contribution < -0.4 is 15.5 Å². The zero-order chi connectivity index (χ0) is 20.0. The monoisotopic (exact) mass is 389 g/mol. The van der Waals surface area contributed by atoms with Gasteiger partial charge in [0.2, 0.25) is 0 Å². The van der Waals surface area contributed by atoms with Crippen LogP contribution in [-0.4, -0.2) is 20.1 Å². The van der Waals surface area contributed by atoms with E-state index < -0.39 is 11.7 Å². The van der Waals surface area contributed by atoms with Crippen molar-refractivity contribution in [3.63, 3.8) is 0 Å². The number of alkyl halides is 3. The fourth-order valence-electron chi connectivity index (χ4n) is 3.47. The van der Waals surface area contributed by atoms with Crippen LogP contribution >= 0.6 is 0 Å². The van der Waals surface area contributed by atoms with E-state index >= 15 is 0 Å². The SMILES string of the molecule is CNc1ccc(N2CCCCC2)cc1C/C=C\Nc1cccc(C(F)(F)F)c1.